The molecule has 0 amide bonds. The molecular weight excluding hydrogens is 488 g/mol. The summed E-state index contributed by atoms with van der Waals surface area (Å²) in [6.45, 7) is 1.98. The molecule has 0 N–H and O–H groups in total. The first-order valence-electron chi connectivity index (χ1n) is 10.2. The van der Waals surface area contributed by atoms with Gasteiger partial charge in [-0.25, -0.2) is 13.2 Å². The van der Waals surface area contributed by atoms with Crippen LogP contribution < -0.4 is 9.47 Å². The van der Waals surface area contributed by atoms with Crippen molar-refractivity contribution in [1.29, 1.82) is 0 Å². The van der Waals surface area contributed by atoms with Crippen LogP contribution in [0.2, 0.25) is 0 Å². The number of hydrogen-bond acceptors (Lipinski definition) is 2. The first-order valence-corrected chi connectivity index (χ1v) is 10.2. The molecule has 0 heterocycles. The van der Waals surface area contributed by atoms with E-state index in [0.717, 1.165) is 18.4 Å². The Morgan fingerprint density at radius 3 is 2.06 bits per heavy atom. The minimum absolute atomic E-state index is 0.0792. The van der Waals surface area contributed by atoms with Crippen LogP contribution in [0, 0.1) is 17.5 Å². The van der Waals surface area contributed by atoms with Crippen molar-refractivity contribution in [3.8, 4) is 28.4 Å². The van der Waals surface area contributed by atoms with Crippen LogP contribution in [0.1, 0.15) is 30.9 Å². The number of rotatable bonds is 8. The van der Waals surface area contributed by atoms with Gasteiger partial charge in [0.2, 0.25) is 0 Å². The van der Waals surface area contributed by atoms with Crippen LogP contribution in [0.5, 0.6) is 17.2 Å². The maximum atomic E-state index is 15.1. The minimum Gasteiger partial charge on any atom is -0.429 e. The molecule has 3 aromatic rings. The first kappa shape index (κ1) is 26.1. The van der Waals surface area contributed by atoms with Gasteiger partial charge in [0.1, 0.15) is 17.1 Å². The van der Waals surface area contributed by atoms with Crippen molar-refractivity contribution in [2.75, 3.05) is 0 Å². The molecular formula is C24H17F8O3. The Bertz CT molecular complexity index is 1190. The lowest BCUT2D eigenvalue weighted by Crippen LogP contribution is -2.25. The van der Waals surface area contributed by atoms with E-state index in [1.165, 1.54) is 12.1 Å². The lowest BCUT2D eigenvalue weighted by atomic mass is 9.97. The normalized spacial score (nSPS) is 12.0. The summed E-state index contributed by atoms with van der Waals surface area (Å²) in [7, 11) is 0. The fourth-order valence-electron chi connectivity index (χ4n) is 3.30. The Hall–Kier alpha value is -3.50. The number of halogens is 8. The molecule has 35 heavy (non-hydrogen) atoms. The van der Waals surface area contributed by atoms with E-state index in [-0.39, 0.29) is 17.7 Å². The minimum atomic E-state index is -5.25. The average Bonchev–Trinajstić information content (AvgIpc) is 2.73. The van der Waals surface area contributed by atoms with Crippen molar-refractivity contribution in [2.45, 2.75) is 38.7 Å². The zero-order valence-electron chi connectivity index (χ0n) is 18.0. The van der Waals surface area contributed by atoms with Crippen molar-refractivity contribution < 1.29 is 49.7 Å². The number of hydrogen-bond donors (Lipinski definition) is 0. The smallest absolute Gasteiger partial charge is 0.429 e. The average molecular weight is 505 g/mol. The Labute approximate surface area is 194 Å². The highest BCUT2D eigenvalue weighted by atomic mass is 19.4. The van der Waals surface area contributed by atoms with Gasteiger partial charge in [-0.05, 0) is 36.1 Å². The molecule has 3 aromatic carbocycles. The van der Waals surface area contributed by atoms with Crippen LogP contribution in [-0.4, -0.2) is 6.36 Å². The van der Waals surface area contributed by atoms with Gasteiger partial charge in [-0.3, -0.25) is 5.11 Å². The highest BCUT2D eigenvalue weighted by Gasteiger charge is 2.43. The van der Waals surface area contributed by atoms with Gasteiger partial charge in [-0.15, -0.1) is 13.2 Å². The Kier molecular flexibility index (Phi) is 7.47. The second kappa shape index (κ2) is 10.0. The molecule has 3 nitrogen and oxygen atoms in total. The van der Waals surface area contributed by atoms with E-state index in [1.54, 1.807) is 12.1 Å². The lowest BCUT2D eigenvalue weighted by Gasteiger charge is -2.21. The van der Waals surface area contributed by atoms with Gasteiger partial charge < -0.3 is 9.47 Å². The Morgan fingerprint density at radius 1 is 0.829 bits per heavy atom. The molecule has 0 aliphatic carbocycles. The molecule has 0 aromatic heterocycles. The fourth-order valence-corrected chi connectivity index (χ4v) is 3.30. The van der Waals surface area contributed by atoms with E-state index in [2.05, 4.69) is 9.47 Å². The summed E-state index contributed by atoms with van der Waals surface area (Å²) in [5.74, 6) is -9.09. The van der Waals surface area contributed by atoms with E-state index >= 15 is 4.39 Å². The number of unbranched alkanes of at least 4 members (excludes halogenated alkanes) is 1. The highest BCUT2D eigenvalue weighted by molar-refractivity contribution is 5.72. The summed E-state index contributed by atoms with van der Waals surface area (Å²) >= 11 is 0. The topological polar surface area (TPSA) is 38.4 Å². The molecule has 0 spiro atoms. The second-order valence-electron chi connectivity index (χ2n) is 7.48. The van der Waals surface area contributed by atoms with Crippen molar-refractivity contribution >= 4 is 0 Å². The maximum absolute atomic E-state index is 15.1. The summed E-state index contributed by atoms with van der Waals surface area (Å²) in [5, 5.41) is 12.2. The van der Waals surface area contributed by atoms with Crippen molar-refractivity contribution in [2.24, 2.45) is 0 Å². The summed E-state index contributed by atoms with van der Waals surface area (Å²) in [4.78, 5) is 0. The zero-order valence-corrected chi connectivity index (χ0v) is 18.0. The van der Waals surface area contributed by atoms with E-state index in [9.17, 15) is 35.8 Å². The number of aryl methyl sites for hydroxylation is 1. The summed E-state index contributed by atoms with van der Waals surface area (Å²) in [6, 6.07) is 6.96. The molecule has 11 heteroatoms. The van der Waals surface area contributed by atoms with Crippen molar-refractivity contribution in [3.05, 3.63) is 77.1 Å². The molecule has 0 atom stereocenters. The monoisotopic (exact) mass is 505 g/mol. The second-order valence-corrected chi connectivity index (χ2v) is 7.48. The SMILES string of the molecule is CCCCc1ccc(-c2c([O])cc(F)c(C(F)(F)Oc3ccc(OC(F)(F)F)c(F)c3)c2F)cc1. The number of ether oxygens (including phenoxy) is 2. The van der Waals surface area contributed by atoms with E-state index in [1.807, 2.05) is 6.92 Å². The molecule has 0 aliphatic rings. The molecule has 0 bridgehead atoms. The predicted octanol–water partition coefficient (Wildman–Crippen LogP) is 8.28. The standard InChI is InChI=1S/C24H17F8O3/c1-2-3-4-13-5-7-14(8-6-13)20-18(33)12-17(26)21(22(20)27)23(28,29)34-15-9-10-19(16(25)11-15)35-24(30,31)32/h5-12H,2-4H2,1H3. The van der Waals surface area contributed by atoms with Crippen molar-refractivity contribution in [1.82, 2.24) is 0 Å². The third kappa shape index (κ3) is 6.14. The Balaban J connectivity index is 1.96. The van der Waals surface area contributed by atoms with Gasteiger partial charge in [-0.2, -0.15) is 8.78 Å². The van der Waals surface area contributed by atoms with Crippen LogP contribution in [0.4, 0.5) is 35.1 Å². The largest absolute Gasteiger partial charge is 0.573 e. The van der Waals surface area contributed by atoms with Gasteiger partial charge >= 0.3 is 12.5 Å². The van der Waals surface area contributed by atoms with Gasteiger partial charge in [0.15, 0.2) is 23.1 Å². The molecule has 0 fully saturated rings. The van der Waals surface area contributed by atoms with Gasteiger partial charge in [0, 0.05) is 12.1 Å². The van der Waals surface area contributed by atoms with Gasteiger partial charge in [-0.1, -0.05) is 37.6 Å². The molecule has 0 aliphatic heterocycles. The summed E-state index contributed by atoms with van der Waals surface area (Å²) in [6.07, 6.45) is -7.53. The third-order valence-corrected chi connectivity index (χ3v) is 4.91. The highest BCUT2D eigenvalue weighted by Crippen LogP contribution is 2.43. The summed E-state index contributed by atoms with van der Waals surface area (Å²) in [5.41, 5.74) is -1.96. The lowest BCUT2D eigenvalue weighted by molar-refractivity contribution is -0.275. The molecule has 0 saturated carbocycles. The number of alkyl halides is 5. The predicted molar refractivity (Wildman–Crippen MR) is 108 cm³/mol. The zero-order chi connectivity index (χ0) is 26.0. The van der Waals surface area contributed by atoms with Crippen LogP contribution in [0.15, 0.2) is 48.5 Å². The molecule has 3 rings (SSSR count). The van der Waals surface area contributed by atoms with Crippen molar-refractivity contribution in [3.63, 3.8) is 0 Å². The fraction of sp³-hybridized carbons (Fsp3) is 0.250. The summed E-state index contributed by atoms with van der Waals surface area (Å²) < 4.78 is 117. The number of benzene rings is 3. The maximum Gasteiger partial charge on any atom is 0.573 e. The first-order chi connectivity index (χ1) is 16.3. The van der Waals surface area contributed by atoms with Crippen LogP contribution in [0.25, 0.3) is 11.1 Å². The van der Waals surface area contributed by atoms with Gasteiger partial charge in [0.25, 0.3) is 0 Å². The van der Waals surface area contributed by atoms with Crippen LogP contribution >= 0.6 is 0 Å². The third-order valence-electron chi connectivity index (χ3n) is 4.91. The Morgan fingerprint density at radius 2 is 1.49 bits per heavy atom. The molecule has 0 saturated heterocycles. The van der Waals surface area contributed by atoms with E-state index in [0.29, 0.717) is 18.6 Å². The molecule has 187 valence electrons. The van der Waals surface area contributed by atoms with Gasteiger partial charge in [0.05, 0.1) is 5.56 Å². The quantitative estimate of drug-likeness (QED) is 0.289. The molecule has 1 radical (unpaired) electrons. The van der Waals surface area contributed by atoms with Crippen LogP contribution in [-0.2, 0) is 17.6 Å². The van der Waals surface area contributed by atoms with E-state index < -0.39 is 58.3 Å². The van der Waals surface area contributed by atoms with Crippen LogP contribution in [0.3, 0.4) is 0 Å². The molecule has 0 unspecified atom stereocenters. The van der Waals surface area contributed by atoms with E-state index in [4.69, 9.17) is 0 Å².